The lowest BCUT2D eigenvalue weighted by atomic mass is 9.53. The number of likely N-dealkylation sites (N-methyl/N-ethyl adjacent to an activating group) is 1. The second-order valence-corrected chi connectivity index (χ2v) is 11.8. The lowest BCUT2D eigenvalue weighted by molar-refractivity contribution is -0.384. The maximum absolute atomic E-state index is 13.7. The van der Waals surface area contributed by atoms with Crippen LogP contribution in [0.1, 0.15) is 33.5 Å². The number of carbonyl (C=O) groups is 1. The van der Waals surface area contributed by atoms with Crippen LogP contribution in [0, 0.1) is 16.0 Å². The van der Waals surface area contributed by atoms with Gasteiger partial charge in [0.25, 0.3) is 11.6 Å². The molecule has 1 saturated heterocycles. The number of nitro benzene ring substituents is 1. The van der Waals surface area contributed by atoms with Crippen molar-refractivity contribution < 1.29 is 34.5 Å². The molecule has 11 heteroatoms. The number of nitrogens with one attached hydrogen (secondary N) is 1. The number of aromatic hydroxyl groups is 2. The van der Waals surface area contributed by atoms with Gasteiger partial charge in [-0.2, -0.15) is 0 Å². The van der Waals surface area contributed by atoms with E-state index in [1.54, 1.807) is 30.3 Å². The van der Waals surface area contributed by atoms with Crippen molar-refractivity contribution in [2.75, 3.05) is 20.7 Å². The van der Waals surface area contributed by atoms with Crippen LogP contribution in [0.25, 0.3) is 11.1 Å². The van der Waals surface area contributed by atoms with Gasteiger partial charge in [0.1, 0.15) is 12.2 Å². The Morgan fingerprint density at radius 1 is 1.16 bits per heavy atom. The second kappa shape index (κ2) is 9.72. The predicted molar refractivity (Wildman–Crippen MR) is 155 cm³/mol. The molecule has 1 spiro atoms. The van der Waals surface area contributed by atoms with E-state index in [-0.39, 0.29) is 41.3 Å². The summed E-state index contributed by atoms with van der Waals surface area (Å²) in [6, 6.07) is 10.6. The normalized spacial score (nSPS) is 26.4. The van der Waals surface area contributed by atoms with Crippen LogP contribution in [0.4, 0.5) is 5.69 Å². The Balaban J connectivity index is 1.35. The van der Waals surface area contributed by atoms with Gasteiger partial charge in [-0.1, -0.05) is 18.2 Å². The highest BCUT2D eigenvalue weighted by Crippen LogP contribution is 2.63. The van der Waals surface area contributed by atoms with Crippen molar-refractivity contribution in [3.8, 4) is 34.1 Å². The van der Waals surface area contributed by atoms with Gasteiger partial charge in [0.05, 0.1) is 17.6 Å². The number of phenolic OH excluding ortho intramolecular Hbond substituents is 2. The number of aliphatic hydroxyl groups excluding tert-OH is 1. The first kappa shape index (κ1) is 27.2. The Kier molecular flexibility index (Phi) is 6.15. The summed E-state index contributed by atoms with van der Waals surface area (Å²) < 4.78 is 11.4. The zero-order valence-corrected chi connectivity index (χ0v) is 23.6. The highest BCUT2D eigenvalue weighted by atomic mass is 16.6. The molecule has 3 aromatic rings. The van der Waals surface area contributed by atoms with E-state index in [1.807, 2.05) is 0 Å². The fraction of sp³-hybridized carbons (Fsp3) is 0.344. The number of likely N-dealkylation sites (tertiary alicyclic amines) is 1. The number of carbonyl (C=O) groups excluding carboxylic acids is 1. The van der Waals surface area contributed by atoms with Crippen LogP contribution in [0.15, 0.2) is 54.6 Å². The minimum atomic E-state index is -0.834. The number of hydrogen-bond acceptors (Lipinski definition) is 9. The van der Waals surface area contributed by atoms with E-state index in [2.05, 4.69) is 23.3 Å². The molecule has 2 aliphatic carbocycles. The summed E-state index contributed by atoms with van der Waals surface area (Å²) in [5, 5.41) is 47.0. The number of non-ortho nitro benzene ring substituents is 1. The first-order chi connectivity index (χ1) is 20.6. The van der Waals surface area contributed by atoms with Crippen molar-refractivity contribution >= 4 is 11.6 Å². The van der Waals surface area contributed by atoms with Crippen LogP contribution in [-0.4, -0.2) is 70.0 Å². The number of nitrogens with zero attached hydrogens (tertiary/aromatic N) is 2. The summed E-state index contributed by atoms with van der Waals surface area (Å²) in [5.74, 6) is 0.0187. The number of piperidine rings is 1. The molecule has 1 amide bonds. The predicted octanol–water partition coefficient (Wildman–Crippen LogP) is 3.42. The van der Waals surface area contributed by atoms with Gasteiger partial charge in [-0.15, -0.1) is 0 Å². The molecular weight excluding hydrogens is 554 g/mol. The van der Waals surface area contributed by atoms with E-state index < -0.39 is 28.5 Å². The van der Waals surface area contributed by atoms with Crippen molar-refractivity contribution in [3.05, 3.63) is 87.0 Å². The van der Waals surface area contributed by atoms with Crippen molar-refractivity contribution in [1.82, 2.24) is 10.2 Å². The summed E-state index contributed by atoms with van der Waals surface area (Å²) in [6.45, 7) is 0.857. The van der Waals surface area contributed by atoms with Gasteiger partial charge >= 0.3 is 0 Å². The van der Waals surface area contributed by atoms with Gasteiger partial charge in [0.2, 0.25) is 0 Å². The number of nitro groups is 1. The molecule has 0 unspecified atom stereocenters. The molecule has 1 fully saturated rings. The summed E-state index contributed by atoms with van der Waals surface area (Å²) in [6.07, 6.45) is 3.82. The molecule has 3 aromatic carbocycles. The minimum absolute atomic E-state index is 0.0538. The number of benzene rings is 3. The molecule has 0 radical (unpaired) electrons. The first-order valence-electron chi connectivity index (χ1n) is 14.2. The molecule has 4 aliphatic rings. The molecule has 7 rings (SSSR count). The van der Waals surface area contributed by atoms with Crippen molar-refractivity contribution in [1.29, 1.82) is 0 Å². The Morgan fingerprint density at radius 3 is 2.72 bits per heavy atom. The molecule has 2 bridgehead atoms. The molecule has 0 saturated carbocycles. The molecule has 43 heavy (non-hydrogen) atoms. The molecule has 222 valence electrons. The highest BCUT2D eigenvalue weighted by Gasteiger charge is 2.64. The van der Waals surface area contributed by atoms with Gasteiger partial charge in [-0.3, -0.25) is 14.9 Å². The van der Waals surface area contributed by atoms with Crippen LogP contribution in [-0.2, 0) is 18.4 Å². The van der Waals surface area contributed by atoms with E-state index in [1.165, 1.54) is 25.3 Å². The second-order valence-electron chi connectivity index (χ2n) is 11.8. The number of phenols is 2. The van der Waals surface area contributed by atoms with Crippen LogP contribution in [0.5, 0.6) is 23.0 Å². The SMILES string of the molecule is COc1ccc(CNC(=O)c2cc([N+](=O)[O-])ccc2-c2cc(O)c3c4c2C[C@@H]2[C@@H]5C=C[C@H](O)[C@H](O3)[C@]45CCN2C)cc1O. The number of amides is 1. The Bertz CT molecular complexity index is 1720. The summed E-state index contributed by atoms with van der Waals surface area (Å²) >= 11 is 0. The third kappa shape index (κ3) is 3.91. The van der Waals surface area contributed by atoms with Gasteiger partial charge in [0.15, 0.2) is 23.0 Å². The van der Waals surface area contributed by atoms with Crippen LogP contribution in [0.3, 0.4) is 0 Å². The fourth-order valence-corrected chi connectivity index (χ4v) is 7.75. The first-order valence-corrected chi connectivity index (χ1v) is 14.2. The van der Waals surface area contributed by atoms with Gasteiger partial charge < -0.3 is 35.0 Å². The Labute approximate surface area is 247 Å². The van der Waals surface area contributed by atoms with Gasteiger partial charge in [-0.25, -0.2) is 0 Å². The molecule has 5 atom stereocenters. The minimum Gasteiger partial charge on any atom is -0.504 e. The zero-order valence-electron chi connectivity index (χ0n) is 23.6. The van der Waals surface area contributed by atoms with Crippen LogP contribution < -0.4 is 14.8 Å². The number of methoxy groups -OCH3 is 1. The smallest absolute Gasteiger partial charge is 0.270 e. The quantitative estimate of drug-likeness (QED) is 0.194. The number of rotatable bonds is 6. The van der Waals surface area contributed by atoms with Crippen LogP contribution in [0.2, 0.25) is 0 Å². The topological polar surface area (TPSA) is 155 Å². The maximum atomic E-state index is 13.7. The lowest BCUT2D eigenvalue weighted by Crippen LogP contribution is -2.64. The van der Waals surface area contributed by atoms with E-state index in [0.717, 1.165) is 24.1 Å². The molecule has 2 aliphatic heterocycles. The summed E-state index contributed by atoms with van der Waals surface area (Å²) in [7, 11) is 3.52. The molecular formula is C32H31N3O8. The average Bonchev–Trinajstić information content (AvgIpc) is 3.35. The molecule has 4 N–H and O–H groups in total. The van der Waals surface area contributed by atoms with E-state index in [4.69, 9.17) is 9.47 Å². The average molecular weight is 586 g/mol. The third-order valence-corrected chi connectivity index (χ3v) is 9.72. The van der Waals surface area contributed by atoms with Crippen molar-refractivity contribution in [2.45, 2.75) is 43.1 Å². The maximum Gasteiger partial charge on any atom is 0.270 e. The van der Waals surface area contributed by atoms with Gasteiger partial charge in [-0.05, 0) is 73.0 Å². The van der Waals surface area contributed by atoms with Crippen LogP contribution >= 0.6 is 0 Å². The molecule has 2 heterocycles. The largest absolute Gasteiger partial charge is 0.504 e. The summed E-state index contributed by atoms with van der Waals surface area (Å²) in [5.41, 5.74) is 2.73. The number of aliphatic hydroxyl groups is 1. The Hall–Kier alpha value is -4.61. The van der Waals surface area contributed by atoms with Gasteiger partial charge in [0, 0.05) is 41.6 Å². The fourth-order valence-electron chi connectivity index (χ4n) is 7.75. The van der Waals surface area contributed by atoms with E-state index in [0.29, 0.717) is 34.6 Å². The van der Waals surface area contributed by atoms with E-state index in [9.17, 15) is 30.2 Å². The lowest BCUT2D eigenvalue weighted by Gasteiger charge is -2.56. The highest BCUT2D eigenvalue weighted by molar-refractivity contribution is 6.02. The third-order valence-electron chi connectivity index (χ3n) is 9.72. The molecule has 11 nitrogen and oxygen atoms in total. The molecule has 0 aromatic heterocycles. The number of hydrogen-bond donors (Lipinski definition) is 4. The van der Waals surface area contributed by atoms with E-state index >= 15 is 0 Å². The van der Waals surface area contributed by atoms with Crippen molar-refractivity contribution in [2.24, 2.45) is 5.92 Å². The zero-order chi connectivity index (χ0) is 30.2. The summed E-state index contributed by atoms with van der Waals surface area (Å²) in [4.78, 5) is 27.2. The number of ether oxygens (including phenoxy) is 2. The monoisotopic (exact) mass is 585 g/mol. The Morgan fingerprint density at radius 2 is 1.98 bits per heavy atom. The van der Waals surface area contributed by atoms with Crippen molar-refractivity contribution in [3.63, 3.8) is 0 Å². The standard InChI is InChI=1S/C32H31N3O8/c1-34-10-9-32-22-6-7-24(36)30(32)43-29-26(38)14-19(20(28(29)32)13-23(22)34)18-5-4-17(35(40)41)12-21(18)31(39)33-15-16-3-8-27(42-2)25(37)11-16/h3-8,11-12,14,22-24,30,36-38H,9-10,13,15H2,1-2H3,(H,33,39)/t22-,23+,24-,30-,32-/m0/s1.